The molecule has 0 aromatic rings. The van der Waals surface area contributed by atoms with Crippen molar-refractivity contribution in [2.24, 2.45) is 4.99 Å². The molecule has 0 fully saturated rings. The van der Waals surface area contributed by atoms with E-state index in [1.54, 1.807) is 6.21 Å². The fourth-order valence-electron chi connectivity index (χ4n) is 0.220. The van der Waals surface area contributed by atoms with Crippen LogP contribution in [0.2, 0.25) is 0 Å². The number of hydrogen-bond acceptors (Lipinski definition) is 1. The minimum absolute atomic E-state index is 0.859. The second kappa shape index (κ2) is 9.65. The third-order valence-corrected chi connectivity index (χ3v) is 0.349. The van der Waals surface area contributed by atoms with Crippen molar-refractivity contribution >= 4 is 6.21 Å². The lowest BCUT2D eigenvalue weighted by Crippen LogP contribution is -1.60. The summed E-state index contributed by atoms with van der Waals surface area (Å²) in [5, 5.41) is 0. The molecule has 0 aliphatic carbocycles. The van der Waals surface area contributed by atoms with Gasteiger partial charge in [0.2, 0.25) is 0 Å². The Hall–Kier alpha value is -0.590. The predicted molar refractivity (Wildman–Crippen MR) is 40.3 cm³/mol. The van der Waals surface area contributed by atoms with Crippen molar-refractivity contribution in [3.63, 3.8) is 0 Å². The normalized spacial score (nSPS) is 8.00. The van der Waals surface area contributed by atoms with Crippen LogP contribution in [0, 0.1) is 0 Å². The van der Waals surface area contributed by atoms with Gasteiger partial charge < -0.3 is 0 Å². The molecule has 0 rings (SSSR count). The van der Waals surface area contributed by atoms with E-state index in [1.807, 2.05) is 27.7 Å². The summed E-state index contributed by atoms with van der Waals surface area (Å²) in [6, 6.07) is 0. The Bertz CT molecular complexity index is 72.5. The zero-order valence-electron chi connectivity index (χ0n) is 6.23. The van der Waals surface area contributed by atoms with Crippen molar-refractivity contribution in [3.8, 4) is 0 Å². The van der Waals surface area contributed by atoms with Crippen LogP contribution in [-0.4, -0.2) is 6.21 Å². The summed E-state index contributed by atoms with van der Waals surface area (Å²) in [5.74, 6) is 0. The second-order valence-corrected chi connectivity index (χ2v) is 1.12. The molecule has 0 amide bonds. The minimum atomic E-state index is 0.859. The van der Waals surface area contributed by atoms with Crippen molar-refractivity contribution < 1.29 is 0 Å². The zero-order valence-corrected chi connectivity index (χ0v) is 6.23. The molecule has 1 nitrogen and oxygen atoms in total. The first-order valence-electron chi connectivity index (χ1n) is 2.91. The van der Waals surface area contributed by atoms with Crippen LogP contribution in [0.5, 0.6) is 0 Å². The fraction of sp³-hybridized carbons (Fsp3) is 0.571. The topological polar surface area (TPSA) is 12.4 Å². The maximum Gasteiger partial charge on any atom is 0.0296 e. The molecule has 0 aliphatic heterocycles. The number of hydrogen-bond donors (Lipinski definition) is 0. The van der Waals surface area contributed by atoms with E-state index in [1.165, 1.54) is 0 Å². The monoisotopic (exact) mass is 113 g/mol. The van der Waals surface area contributed by atoms with Crippen LogP contribution in [0.4, 0.5) is 0 Å². The van der Waals surface area contributed by atoms with Gasteiger partial charge in [-0.1, -0.05) is 20.4 Å². The lowest BCUT2D eigenvalue weighted by atomic mass is 10.6. The van der Waals surface area contributed by atoms with Crippen molar-refractivity contribution in [1.29, 1.82) is 0 Å². The van der Waals surface area contributed by atoms with Gasteiger partial charge in [0.05, 0.1) is 0 Å². The summed E-state index contributed by atoms with van der Waals surface area (Å²) >= 11 is 0. The smallest absolute Gasteiger partial charge is 0.0296 e. The predicted octanol–water partition coefficient (Wildman–Crippen LogP) is 2.64. The molecule has 0 aliphatic rings. The lowest BCUT2D eigenvalue weighted by Gasteiger charge is -1.77. The average molecular weight is 113 g/mol. The third kappa shape index (κ3) is 18.1. The first-order chi connectivity index (χ1) is 3.77. The van der Waals surface area contributed by atoms with Crippen LogP contribution in [0.25, 0.3) is 0 Å². The number of allylic oxidation sites excluding steroid dienone is 1. The van der Waals surface area contributed by atoms with Gasteiger partial charge in [0.15, 0.2) is 0 Å². The van der Waals surface area contributed by atoms with Crippen molar-refractivity contribution in [2.75, 3.05) is 0 Å². The SMILES string of the molecule is C=C(C)N=CC.CC. The standard InChI is InChI=1S/C5H9N.C2H6/c1-4-6-5(2)3;1-2/h4H,2H2,1,3H3;1-2H3. The van der Waals surface area contributed by atoms with Gasteiger partial charge in [-0.3, -0.25) is 4.99 Å². The van der Waals surface area contributed by atoms with E-state index in [4.69, 9.17) is 0 Å². The Labute approximate surface area is 52.1 Å². The molecular formula is C7H15N. The van der Waals surface area contributed by atoms with Crippen molar-refractivity contribution in [3.05, 3.63) is 12.3 Å². The number of rotatable bonds is 1. The lowest BCUT2D eigenvalue weighted by molar-refractivity contribution is 1.34. The van der Waals surface area contributed by atoms with Crippen molar-refractivity contribution in [1.82, 2.24) is 0 Å². The summed E-state index contributed by atoms with van der Waals surface area (Å²) < 4.78 is 0. The van der Waals surface area contributed by atoms with Crippen LogP contribution in [0.1, 0.15) is 27.7 Å². The molecule has 0 spiro atoms. The molecule has 0 saturated heterocycles. The largest absolute Gasteiger partial charge is 0.267 e. The van der Waals surface area contributed by atoms with Crippen LogP contribution in [-0.2, 0) is 0 Å². The Morgan fingerprint density at radius 2 is 1.88 bits per heavy atom. The molecule has 1 heteroatoms. The van der Waals surface area contributed by atoms with Gasteiger partial charge in [0.25, 0.3) is 0 Å². The molecule has 0 aromatic heterocycles. The Balaban J connectivity index is 0. The highest BCUT2D eigenvalue weighted by Gasteiger charge is 1.64. The molecule has 0 N–H and O–H groups in total. The molecule has 0 aromatic carbocycles. The Kier molecular flexibility index (Phi) is 12.5. The highest BCUT2D eigenvalue weighted by Crippen LogP contribution is 1.82. The summed E-state index contributed by atoms with van der Waals surface area (Å²) in [5.41, 5.74) is 0.859. The summed E-state index contributed by atoms with van der Waals surface area (Å²) in [6.07, 6.45) is 1.72. The third-order valence-electron chi connectivity index (χ3n) is 0.349. The zero-order chi connectivity index (χ0) is 6.99. The first kappa shape index (κ1) is 10.4. The van der Waals surface area contributed by atoms with Crippen LogP contribution >= 0.6 is 0 Å². The second-order valence-electron chi connectivity index (χ2n) is 1.12. The van der Waals surface area contributed by atoms with E-state index >= 15 is 0 Å². The van der Waals surface area contributed by atoms with E-state index in [2.05, 4.69) is 11.6 Å². The van der Waals surface area contributed by atoms with Crippen LogP contribution in [0.15, 0.2) is 17.3 Å². The molecule has 0 unspecified atom stereocenters. The van der Waals surface area contributed by atoms with Gasteiger partial charge in [-0.15, -0.1) is 0 Å². The quantitative estimate of drug-likeness (QED) is 0.463. The maximum atomic E-state index is 3.81. The van der Waals surface area contributed by atoms with Crippen LogP contribution < -0.4 is 0 Å². The number of aliphatic imine (C=N–C) groups is 1. The van der Waals surface area contributed by atoms with Crippen LogP contribution in [0.3, 0.4) is 0 Å². The van der Waals surface area contributed by atoms with E-state index in [9.17, 15) is 0 Å². The van der Waals surface area contributed by atoms with Gasteiger partial charge in [-0.2, -0.15) is 0 Å². The Morgan fingerprint density at radius 3 is 1.88 bits per heavy atom. The summed E-state index contributed by atoms with van der Waals surface area (Å²) in [6.45, 7) is 11.3. The van der Waals surface area contributed by atoms with E-state index in [-0.39, 0.29) is 0 Å². The van der Waals surface area contributed by atoms with E-state index in [0.717, 1.165) is 5.70 Å². The average Bonchev–Trinajstić information content (AvgIpc) is 1.72. The van der Waals surface area contributed by atoms with E-state index < -0.39 is 0 Å². The van der Waals surface area contributed by atoms with Gasteiger partial charge in [0.1, 0.15) is 0 Å². The Morgan fingerprint density at radius 1 is 1.50 bits per heavy atom. The summed E-state index contributed by atoms with van der Waals surface area (Å²) in [4.78, 5) is 3.81. The molecule has 0 saturated carbocycles. The summed E-state index contributed by atoms with van der Waals surface area (Å²) in [7, 11) is 0. The van der Waals surface area contributed by atoms with Crippen molar-refractivity contribution in [2.45, 2.75) is 27.7 Å². The molecule has 0 bridgehead atoms. The molecule has 0 atom stereocenters. The molecule has 0 heterocycles. The highest BCUT2D eigenvalue weighted by atomic mass is 14.7. The van der Waals surface area contributed by atoms with Gasteiger partial charge in [-0.05, 0) is 13.8 Å². The maximum absolute atomic E-state index is 3.81. The molecule has 0 radical (unpaired) electrons. The fourth-order valence-corrected chi connectivity index (χ4v) is 0.220. The first-order valence-corrected chi connectivity index (χ1v) is 2.91. The molecule has 48 valence electrons. The van der Waals surface area contributed by atoms with Gasteiger partial charge in [0, 0.05) is 11.9 Å². The van der Waals surface area contributed by atoms with E-state index in [0.29, 0.717) is 0 Å². The molecule has 8 heavy (non-hydrogen) atoms. The number of nitrogens with zero attached hydrogens (tertiary/aromatic N) is 1. The van der Waals surface area contributed by atoms with Gasteiger partial charge >= 0.3 is 0 Å². The highest BCUT2D eigenvalue weighted by molar-refractivity contribution is 5.54. The van der Waals surface area contributed by atoms with Gasteiger partial charge in [-0.25, -0.2) is 0 Å². The molecular weight excluding hydrogens is 98.1 g/mol. The minimum Gasteiger partial charge on any atom is -0.267 e.